The van der Waals surface area contributed by atoms with Gasteiger partial charge < -0.3 is 15.1 Å². The Hall–Kier alpha value is -2.40. The maximum Gasteiger partial charge on any atom is 0.287 e. The summed E-state index contributed by atoms with van der Waals surface area (Å²) in [6.45, 7) is 1.54. The topological polar surface area (TPSA) is 71.3 Å². The normalized spacial score (nSPS) is 25.0. The second kappa shape index (κ2) is 5.91. The zero-order valence-electron chi connectivity index (χ0n) is 13.5. The molecule has 2 N–H and O–H groups in total. The molecule has 3 atom stereocenters. The van der Waals surface area contributed by atoms with Crippen molar-refractivity contribution in [2.45, 2.75) is 44.3 Å². The number of benzene rings is 1. The Balaban J connectivity index is 1.46. The van der Waals surface area contributed by atoms with Gasteiger partial charge in [0.25, 0.3) is 5.91 Å². The van der Waals surface area contributed by atoms with E-state index >= 15 is 0 Å². The summed E-state index contributed by atoms with van der Waals surface area (Å²) in [6, 6.07) is 11.8. The van der Waals surface area contributed by atoms with E-state index < -0.39 is 0 Å². The molecule has 2 aliphatic heterocycles. The van der Waals surface area contributed by atoms with Crippen LogP contribution in [0, 0.1) is 0 Å². The molecule has 2 fully saturated rings. The third kappa shape index (κ3) is 2.76. The highest BCUT2D eigenvalue weighted by atomic mass is 16.3. The lowest BCUT2D eigenvalue weighted by atomic mass is 9.95. The summed E-state index contributed by atoms with van der Waals surface area (Å²) >= 11 is 0. The Morgan fingerprint density at radius 1 is 1.12 bits per heavy atom. The van der Waals surface area contributed by atoms with Crippen molar-refractivity contribution in [1.29, 1.82) is 0 Å². The smallest absolute Gasteiger partial charge is 0.287 e. The van der Waals surface area contributed by atoms with Crippen molar-refractivity contribution in [3.8, 4) is 11.3 Å². The molecule has 1 aromatic heterocycles. The second-order valence-corrected chi connectivity index (χ2v) is 6.66. The van der Waals surface area contributed by atoms with Gasteiger partial charge in [0.1, 0.15) is 5.76 Å². The maximum absolute atomic E-state index is 12.4. The zero-order valence-corrected chi connectivity index (χ0v) is 13.5. The fourth-order valence-corrected chi connectivity index (χ4v) is 3.71. The second-order valence-electron chi connectivity index (χ2n) is 6.66. The minimum Gasteiger partial charge on any atom is -0.451 e. The molecular weight excluding hydrogens is 304 g/mol. The lowest BCUT2D eigenvalue weighted by molar-refractivity contribution is 0.0903. The number of ketones is 1. The first-order valence-electron chi connectivity index (χ1n) is 8.38. The predicted octanol–water partition coefficient (Wildman–Crippen LogP) is 2.77. The molecule has 124 valence electrons. The van der Waals surface area contributed by atoms with Gasteiger partial charge >= 0.3 is 0 Å². The van der Waals surface area contributed by atoms with Crippen LogP contribution in [0.3, 0.4) is 0 Å². The molecule has 3 heterocycles. The first kappa shape index (κ1) is 15.1. The van der Waals surface area contributed by atoms with Crippen LogP contribution in [0.2, 0.25) is 0 Å². The molecule has 2 aromatic rings. The average molecular weight is 324 g/mol. The number of amides is 1. The van der Waals surface area contributed by atoms with E-state index in [1.54, 1.807) is 24.3 Å². The minimum absolute atomic E-state index is 0.0283. The number of furan rings is 1. The number of carbonyl (C=O) groups is 2. The van der Waals surface area contributed by atoms with Crippen molar-refractivity contribution in [1.82, 2.24) is 10.6 Å². The van der Waals surface area contributed by atoms with Crippen LogP contribution in [0.25, 0.3) is 11.3 Å². The summed E-state index contributed by atoms with van der Waals surface area (Å²) in [6.07, 6.45) is 3.33. The fraction of sp³-hybridized carbons (Fsp3) is 0.368. The summed E-state index contributed by atoms with van der Waals surface area (Å²) < 4.78 is 5.70. The van der Waals surface area contributed by atoms with Gasteiger partial charge in [-0.05, 0) is 38.3 Å². The molecular formula is C19H20N2O3. The van der Waals surface area contributed by atoms with E-state index in [0.29, 0.717) is 29.2 Å². The Labute approximate surface area is 140 Å². The number of hydrogen-bond acceptors (Lipinski definition) is 4. The Morgan fingerprint density at radius 2 is 1.92 bits per heavy atom. The van der Waals surface area contributed by atoms with E-state index in [1.807, 2.05) is 12.1 Å². The Kier molecular flexibility index (Phi) is 3.73. The van der Waals surface area contributed by atoms with Crippen molar-refractivity contribution in [2.24, 2.45) is 0 Å². The van der Waals surface area contributed by atoms with E-state index in [0.717, 1.165) is 18.4 Å². The lowest BCUT2D eigenvalue weighted by Gasteiger charge is -2.20. The largest absolute Gasteiger partial charge is 0.451 e. The molecule has 0 saturated carbocycles. The van der Waals surface area contributed by atoms with Gasteiger partial charge in [-0.1, -0.05) is 24.3 Å². The van der Waals surface area contributed by atoms with Crippen molar-refractivity contribution < 1.29 is 14.0 Å². The quantitative estimate of drug-likeness (QED) is 0.848. The number of rotatable bonds is 4. The van der Waals surface area contributed by atoms with Crippen LogP contribution in [0.5, 0.6) is 0 Å². The first-order valence-corrected chi connectivity index (χ1v) is 8.38. The average Bonchev–Trinajstić information content (AvgIpc) is 3.31. The van der Waals surface area contributed by atoms with Crippen molar-refractivity contribution in [3.63, 3.8) is 0 Å². The number of fused-ring (bicyclic) bond motifs is 2. The SMILES string of the molecule is CC(=O)c1ccc(-c2ccc(C(=O)NC3CC4CCC3N4)o2)cc1. The molecule has 2 saturated heterocycles. The molecule has 1 amide bonds. The van der Waals surface area contributed by atoms with Gasteiger partial charge in [-0.25, -0.2) is 0 Å². The number of nitrogens with one attached hydrogen (secondary N) is 2. The Morgan fingerprint density at radius 3 is 2.54 bits per heavy atom. The van der Waals surface area contributed by atoms with Gasteiger partial charge in [-0.3, -0.25) is 9.59 Å². The molecule has 1 aromatic carbocycles. The molecule has 0 aliphatic carbocycles. The number of Topliss-reactive ketones (excluding diaryl/α,β-unsaturated/α-hetero) is 1. The van der Waals surface area contributed by atoms with Crippen LogP contribution in [0.4, 0.5) is 0 Å². The molecule has 3 unspecified atom stereocenters. The molecule has 5 nitrogen and oxygen atoms in total. The Bertz CT molecular complexity index is 778. The van der Waals surface area contributed by atoms with Crippen LogP contribution in [0.15, 0.2) is 40.8 Å². The van der Waals surface area contributed by atoms with Crippen molar-refractivity contribution >= 4 is 11.7 Å². The van der Waals surface area contributed by atoms with Crippen LogP contribution >= 0.6 is 0 Å². The molecule has 2 bridgehead atoms. The predicted molar refractivity (Wildman–Crippen MR) is 90.0 cm³/mol. The third-order valence-electron chi connectivity index (χ3n) is 5.02. The van der Waals surface area contributed by atoms with E-state index in [4.69, 9.17) is 4.42 Å². The monoisotopic (exact) mass is 324 g/mol. The summed E-state index contributed by atoms with van der Waals surface area (Å²) in [5.41, 5.74) is 1.51. The van der Waals surface area contributed by atoms with Gasteiger partial charge in [0.05, 0.1) is 0 Å². The summed E-state index contributed by atoms with van der Waals surface area (Å²) in [7, 11) is 0. The van der Waals surface area contributed by atoms with Crippen LogP contribution in [-0.4, -0.2) is 29.8 Å². The van der Waals surface area contributed by atoms with Gasteiger partial charge in [0.2, 0.25) is 0 Å². The van der Waals surface area contributed by atoms with Gasteiger partial charge in [0.15, 0.2) is 11.5 Å². The van der Waals surface area contributed by atoms with Gasteiger partial charge in [-0.15, -0.1) is 0 Å². The molecule has 0 radical (unpaired) electrons. The molecule has 5 heteroatoms. The minimum atomic E-state index is -0.166. The maximum atomic E-state index is 12.4. The first-order chi connectivity index (χ1) is 11.6. The van der Waals surface area contributed by atoms with E-state index in [-0.39, 0.29) is 17.7 Å². The van der Waals surface area contributed by atoms with Crippen molar-refractivity contribution in [2.75, 3.05) is 0 Å². The number of hydrogen-bond donors (Lipinski definition) is 2. The van der Waals surface area contributed by atoms with Crippen LogP contribution in [-0.2, 0) is 0 Å². The highest BCUT2D eigenvalue weighted by molar-refractivity contribution is 5.94. The lowest BCUT2D eigenvalue weighted by Crippen LogP contribution is -2.42. The van der Waals surface area contributed by atoms with Gasteiger partial charge in [-0.2, -0.15) is 0 Å². The molecule has 2 aliphatic rings. The number of carbonyl (C=O) groups excluding carboxylic acids is 2. The molecule has 0 spiro atoms. The van der Waals surface area contributed by atoms with E-state index in [1.165, 1.54) is 13.3 Å². The van der Waals surface area contributed by atoms with Crippen LogP contribution < -0.4 is 10.6 Å². The van der Waals surface area contributed by atoms with Crippen LogP contribution in [0.1, 0.15) is 47.1 Å². The standard InChI is InChI=1S/C19H20N2O3/c1-11(22)12-2-4-13(5-3-12)17-8-9-18(24-17)19(23)21-16-10-14-6-7-15(16)20-14/h2-5,8-9,14-16,20H,6-7,10H2,1H3,(H,21,23). The van der Waals surface area contributed by atoms with E-state index in [2.05, 4.69) is 10.6 Å². The molecule has 4 rings (SSSR count). The fourth-order valence-electron chi connectivity index (χ4n) is 3.71. The van der Waals surface area contributed by atoms with E-state index in [9.17, 15) is 9.59 Å². The zero-order chi connectivity index (χ0) is 16.7. The summed E-state index contributed by atoms with van der Waals surface area (Å²) in [5, 5.41) is 6.58. The summed E-state index contributed by atoms with van der Waals surface area (Å²) in [4.78, 5) is 23.7. The third-order valence-corrected chi connectivity index (χ3v) is 5.02. The van der Waals surface area contributed by atoms with Crippen molar-refractivity contribution in [3.05, 3.63) is 47.7 Å². The molecule has 24 heavy (non-hydrogen) atoms. The highest BCUT2D eigenvalue weighted by Gasteiger charge is 2.39. The highest BCUT2D eigenvalue weighted by Crippen LogP contribution is 2.29. The van der Waals surface area contributed by atoms with Gasteiger partial charge in [0, 0.05) is 29.3 Å². The summed E-state index contributed by atoms with van der Waals surface area (Å²) in [5.74, 6) is 0.811.